The third-order valence-electron chi connectivity index (χ3n) is 3.21. The minimum absolute atomic E-state index is 0.0911. The number of hydrogen-bond donors (Lipinski definition) is 0. The Hall–Kier alpha value is -0.730. The first kappa shape index (κ1) is 13.3. The number of hydrogen-bond acceptors (Lipinski definition) is 2. The summed E-state index contributed by atoms with van der Waals surface area (Å²) in [5.74, 6) is 0. The van der Waals surface area contributed by atoms with Gasteiger partial charge in [0.2, 0.25) is 0 Å². The van der Waals surface area contributed by atoms with Gasteiger partial charge in [0.05, 0.1) is 6.61 Å². The monoisotopic (exact) mass is 227 g/mol. The van der Waals surface area contributed by atoms with Gasteiger partial charge in [0.1, 0.15) is 0 Å². The van der Waals surface area contributed by atoms with Crippen LogP contribution in [0.5, 0.6) is 0 Å². The molecule has 0 bridgehead atoms. The minimum atomic E-state index is -0.0911. The number of likely N-dealkylation sites (tertiary alicyclic amines) is 1. The highest BCUT2D eigenvalue weighted by Gasteiger charge is 2.26. The maximum atomic E-state index is 11.9. The summed E-state index contributed by atoms with van der Waals surface area (Å²) in [7, 11) is 0. The molecule has 1 saturated heterocycles. The molecule has 0 aromatic rings. The second kappa shape index (κ2) is 7.53. The molecule has 1 unspecified atom stereocenters. The van der Waals surface area contributed by atoms with E-state index in [4.69, 9.17) is 4.74 Å². The fourth-order valence-corrected chi connectivity index (χ4v) is 2.26. The van der Waals surface area contributed by atoms with Crippen molar-refractivity contribution in [2.45, 2.75) is 64.8 Å². The van der Waals surface area contributed by atoms with Crippen molar-refractivity contribution in [3.63, 3.8) is 0 Å². The molecule has 1 aliphatic heterocycles. The quantitative estimate of drug-likeness (QED) is 0.672. The average molecular weight is 227 g/mol. The molecule has 1 rings (SSSR count). The van der Waals surface area contributed by atoms with Gasteiger partial charge in [0, 0.05) is 12.6 Å². The summed E-state index contributed by atoms with van der Waals surface area (Å²) in [6.45, 7) is 5.74. The van der Waals surface area contributed by atoms with Crippen LogP contribution >= 0.6 is 0 Å². The summed E-state index contributed by atoms with van der Waals surface area (Å²) in [4.78, 5) is 13.8. The van der Waals surface area contributed by atoms with Gasteiger partial charge in [-0.2, -0.15) is 0 Å². The van der Waals surface area contributed by atoms with Crippen LogP contribution in [0.1, 0.15) is 58.8 Å². The largest absolute Gasteiger partial charge is 0.449 e. The molecule has 0 spiro atoms. The van der Waals surface area contributed by atoms with Gasteiger partial charge in [-0.15, -0.1) is 0 Å². The van der Waals surface area contributed by atoms with Crippen LogP contribution in [0.25, 0.3) is 0 Å². The Bertz CT molecular complexity index is 204. The molecule has 1 atom stereocenters. The van der Waals surface area contributed by atoms with E-state index in [9.17, 15) is 4.79 Å². The maximum Gasteiger partial charge on any atom is 0.410 e. The molecule has 3 heteroatoms. The van der Waals surface area contributed by atoms with Crippen molar-refractivity contribution in [2.24, 2.45) is 0 Å². The first-order valence-corrected chi connectivity index (χ1v) is 6.73. The summed E-state index contributed by atoms with van der Waals surface area (Å²) in [6.07, 6.45) is 7.74. The number of amides is 1. The van der Waals surface area contributed by atoms with E-state index < -0.39 is 0 Å². The Morgan fingerprint density at radius 2 is 2.12 bits per heavy atom. The number of carbonyl (C=O) groups excluding carboxylic acids is 1. The molecular weight excluding hydrogens is 202 g/mol. The zero-order valence-corrected chi connectivity index (χ0v) is 10.7. The maximum absolute atomic E-state index is 11.9. The van der Waals surface area contributed by atoms with Crippen molar-refractivity contribution in [3.8, 4) is 0 Å². The molecule has 0 aliphatic carbocycles. The van der Waals surface area contributed by atoms with Crippen molar-refractivity contribution in [3.05, 3.63) is 0 Å². The molecule has 0 aromatic heterocycles. The van der Waals surface area contributed by atoms with Gasteiger partial charge in [-0.1, -0.05) is 26.7 Å². The van der Waals surface area contributed by atoms with Gasteiger partial charge in [-0.3, -0.25) is 0 Å². The number of carbonyl (C=O) groups is 1. The molecule has 1 aliphatic rings. The van der Waals surface area contributed by atoms with Crippen LogP contribution in [0, 0.1) is 0 Å². The highest BCUT2D eigenvalue weighted by atomic mass is 16.6. The number of unbranched alkanes of at least 4 members (excludes halogenated alkanes) is 1. The molecule has 94 valence electrons. The Labute approximate surface area is 99.1 Å². The van der Waals surface area contributed by atoms with Crippen molar-refractivity contribution in [1.82, 2.24) is 4.90 Å². The molecule has 3 nitrogen and oxygen atoms in total. The van der Waals surface area contributed by atoms with Gasteiger partial charge in [-0.25, -0.2) is 4.79 Å². The van der Waals surface area contributed by atoms with Crippen LogP contribution in [-0.4, -0.2) is 30.2 Å². The molecule has 1 amide bonds. The lowest BCUT2D eigenvalue weighted by Gasteiger charge is -2.34. The van der Waals surface area contributed by atoms with Gasteiger partial charge in [0.15, 0.2) is 0 Å². The number of ether oxygens (including phenoxy) is 1. The van der Waals surface area contributed by atoms with E-state index >= 15 is 0 Å². The van der Waals surface area contributed by atoms with E-state index in [1.165, 1.54) is 6.42 Å². The van der Waals surface area contributed by atoms with Gasteiger partial charge in [0.25, 0.3) is 0 Å². The van der Waals surface area contributed by atoms with Crippen LogP contribution in [0.3, 0.4) is 0 Å². The molecule has 16 heavy (non-hydrogen) atoms. The van der Waals surface area contributed by atoms with Crippen molar-refractivity contribution < 1.29 is 9.53 Å². The third kappa shape index (κ3) is 4.03. The predicted octanol–water partition coefficient (Wildman–Crippen LogP) is 3.58. The van der Waals surface area contributed by atoms with E-state index in [2.05, 4.69) is 13.8 Å². The van der Waals surface area contributed by atoms with Crippen LogP contribution in [0.2, 0.25) is 0 Å². The van der Waals surface area contributed by atoms with Crippen LogP contribution < -0.4 is 0 Å². The first-order valence-electron chi connectivity index (χ1n) is 6.73. The molecular formula is C13H25NO2. The predicted molar refractivity (Wildman–Crippen MR) is 65.5 cm³/mol. The normalized spacial score (nSPS) is 20.9. The van der Waals surface area contributed by atoms with Gasteiger partial charge in [-0.05, 0) is 32.1 Å². The molecule has 0 aromatic carbocycles. The number of nitrogens with zero attached hydrogens (tertiary/aromatic N) is 1. The average Bonchev–Trinajstić information content (AvgIpc) is 2.30. The highest BCUT2D eigenvalue weighted by Crippen LogP contribution is 2.21. The summed E-state index contributed by atoms with van der Waals surface area (Å²) in [5.41, 5.74) is 0. The van der Waals surface area contributed by atoms with Crippen LogP contribution in [-0.2, 0) is 4.74 Å². The second-order valence-corrected chi connectivity index (χ2v) is 4.60. The van der Waals surface area contributed by atoms with Crippen LogP contribution in [0.15, 0.2) is 0 Å². The number of piperidine rings is 1. The van der Waals surface area contributed by atoms with E-state index in [0.717, 1.165) is 45.1 Å². The first-order chi connectivity index (χ1) is 7.79. The topological polar surface area (TPSA) is 29.5 Å². The van der Waals surface area contributed by atoms with E-state index in [0.29, 0.717) is 12.6 Å². The zero-order valence-electron chi connectivity index (χ0n) is 10.7. The Morgan fingerprint density at radius 3 is 2.81 bits per heavy atom. The van der Waals surface area contributed by atoms with E-state index in [1.54, 1.807) is 0 Å². The number of rotatable bonds is 5. The smallest absolute Gasteiger partial charge is 0.410 e. The molecule has 0 saturated carbocycles. The summed E-state index contributed by atoms with van der Waals surface area (Å²) in [5, 5.41) is 0. The lowest BCUT2D eigenvalue weighted by Crippen LogP contribution is -2.44. The van der Waals surface area contributed by atoms with Gasteiger partial charge < -0.3 is 9.64 Å². The molecule has 0 radical (unpaired) electrons. The zero-order chi connectivity index (χ0) is 11.8. The highest BCUT2D eigenvalue weighted by molar-refractivity contribution is 5.68. The third-order valence-corrected chi connectivity index (χ3v) is 3.21. The lowest BCUT2D eigenvalue weighted by molar-refractivity contribution is 0.0699. The fourth-order valence-electron chi connectivity index (χ4n) is 2.26. The summed E-state index contributed by atoms with van der Waals surface area (Å²) < 4.78 is 5.29. The summed E-state index contributed by atoms with van der Waals surface area (Å²) >= 11 is 0. The fraction of sp³-hybridized carbons (Fsp3) is 0.923. The Balaban J connectivity index is 2.37. The SMILES string of the molecule is CCCCOC(=O)N1CCCCC1CCC. The van der Waals surface area contributed by atoms with Gasteiger partial charge >= 0.3 is 6.09 Å². The lowest BCUT2D eigenvalue weighted by atomic mass is 9.99. The summed E-state index contributed by atoms with van der Waals surface area (Å²) in [6, 6.07) is 0.424. The standard InChI is InChI=1S/C13H25NO2/c1-3-5-11-16-13(15)14-10-7-6-9-12(14)8-4-2/h12H,3-11H2,1-2H3. The van der Waals surface area contributed by atoms with Crippen molar-refractivity contribution in [2.75, 3.05) is 13.2 Å². The van der Waals surface area contributed by atoms with E-state index in [-0.39, 0.29) is 6.09 Å². The van der Waals surface area contributed by atoms with Crippen molar-refractivity contribution >= 4 is 6.09 Å². The minimum Gasteiger partial charge on any atom is -0.449 e. The van der Waals surface area contributed by atoms with Crippen LogP contribution in [0.4, 0.5) is 4.79 Å². The molecule has 0 N–H and O–H groups in total. The molecule has 1 fully saturated rings. The Morgan fingerprint density at radius 1 is 1.31 bits per heavy atom. The Kier molecular flexibility index (Phi) is 6.27. The van der Waals surface area contributed by atoms with E-state index in [1.807, 2.05) is 4.90 Å². The molecule has 1 heterocycles. The van der Waals surface area contributed by atoms with Crippen molar-refractivity contribution in [1.29, 1.82) is 0 Å². The second-order valence-electron chi connectivity index (χ2n) is 4.60.